The highest BCUT2D eigenvalue weighted by Gasteiger charge is 2.18. The number of carbonyl (C=O) groups is 1. The molecule has 0 aliphatic heterocycles. The molecule has 8 heteroatoms. The molecule has 138 valence electrons. The fraction of sp³-hybridized carbons (Fsp3) is 0.158. The molecule has 27 heavy (non-hydrogen) atoms. The van der Waals surface area contributed by atoms with Crippen molar-refractivity contribution in [2.45, 2.75) is 23.6 Å². The fourth-order valence-corrected chi connectivity index (χ4v) is 3.45. The van der Waals surface area contributed by atoms with E-state index < -0.39 is 4.92 Å². The van der Waals surface area contributed by atoms with E-state index in [1.807, 2.05) is 44.2 Å². The zero-order valence-corrected chi connectivity index (χ0v) is 15.6. The van der Waals surface area contributed by atoms with Gasteiger partial charge in [0.1, 0.15) is 5.75 Å². The number of nitro groups is 1. The van der Waals surface area contributed by atoms with Crippen LogP contribution in [0.5, 0.6) is 5.75 Å². The molecule has 3 aromatic rings. The highest BCUT2D eigenvalue weighted by molar-refractivity contribution is 7.99. The first-order valence-corrected chi connectivity index (χ1v) is 8.97. The van der Waals surface area contributed by atoms with Gasteiger partial charge in [0.15, 0.2) is 6.61 Å². The molecule has 0 aliphatic rings. The largest absolute Gasteiger partial charge is 0.484 e. The van der Waals surface area contributed by atoms with Gasteiger partial charge in [-0.25, -0.2) is 4.68 Å². The van der Waals surface area contributed by atoms with Crippen LogP contribution in [0.3, 0.4) is 0 Å². The van der Waals surface area contributed by atoms with Gasteiger partial charge in [-0.3, -0.25) is 14.9 Å². The molecule has 0 spiro atoms. The predicted molar refractivity (Wildman–Crippen MR) is 101 cm³/mol. The average molecular weight is 383 g/mol. The smallest absolute Gasteiger partial charge is 0.285 e. The molecule has 2 aromatic carbocycles. The van der Waals surface area contributed by atoms with Gasteiger partial charge in [0.05, 0.1) is 21.2 Å². The van der Waals surface area contributed by atoms with Crippen molar-refractivity contribution in [3.8, 4) is 5.75 Å². The van der Waals surface area contributed by atoms with Crippen molar-refractivity contribution in [2.75, 3.05) is 6.61 Å². The Morgan fingerprint density at radius 3 is 2.44 bits per heavy atom. The summed E-state index contributed by atoms with van der Waals surface area (Å²) in [5.41, 5.74) is 1.48. The second kappa shape index (κ2) is 8.05. The number of nitrogens with zero attached hydrogens (tertiary/aromatic N) is 3. The normalized spacial score (nSPS) is 10.6. The average Bonchev–Trinajstić information content (AvgIpc) is 2.95. The lowest BCUT2D eigenvalue weighted by Crippen LogP contribution is -2.21. The Hall–Kier alpha value is -3.13. The quantitative estimate of drug-likeness (QED) is 0.466. The van der Waals surface area contributed by atoms with Crippen molar-refractivity contribution in [3.05, 3.63) is 76.1 Å². The van der Waals surface area contributed by atoms with Crippen LogP contribution >= 0.6 is 11.8 Å². The van der Waals surface area contributed by atoms with Gasteiger partial charge in [-0.2, -0.15) is 5.10 Å². The first-order valence-electron chi connectivity index (χ1n) is 8.15. The molecule has 0 bridgehead atoms. The molecule has 0 radical (unpaired) electrons. The van der Waals surface area contributed by atoms with E-state index in [9.17, 15) is 14.9 Å². The van der Waals surface area contributed by atoms with Crippen LogP contribution in [0.2, 0.25) is 0 Å². The number of nitro benzene ring substituents is 1. The van der Waals surface area contributed by atoms with E-state index in [0.29, 0.717) is 5.75 Å². The summed E-state index contributed by atoms with van der Waals surface area (Å²) < 4.78 is 6.78. The summed E-state index contributed by atoms with van der Waals surface area (Å²) in [5.74, 6) is 0.0724. The van der Waals surface area contributed by atoms with Gasteiger partial charge in [0.25, 0.3) is 11.6 Å². The third-order valence-electron chi connectivity index (χ3n) is 3.83. The van der Waals surface area contributed by atoms with E-state index in [-0.39, 0.29) is 18.2 Å². The number of rotatable bonds is 6. The van der Waals surface area contributed by atoms with Crippen LogP contribution in [0.15, 0.2) is 64.4 Å². The number of aromatic nitrogens is 2. The van der Waals surface area contributed by atoms with Crippen LogP contribution in [-0.2, 0) is 0 Å². The number of carbonyl (C=O) groups excluding carboxylic acids is 1. The summed E-state index contributed by atoms with van der Waals surface area (Å²) >= 11 is 1.56. The molecule has 1 aromatic heterocycles. The highest BCUT2D eigenvalue weighted by atomic mass is 32.2. The van der Waals surface area contributed by atoms with Gasteiger partial charge >= 0.3 is 0 Å². The van der Waals surface area contributed by atoms with Gasteiger partial charge in [0, 0.05) is 17.0 Å². The highest BCUT2D eigenvalue weighted by Crippen LogP contribution is 2.32. The van der Waals surface area contributed by atoms with Crippen molar-refractivity contribution >= 4 is 23.4 Å². The van der Waals surface area contributed by atoms with Crippen LogP contribution in [0.4, 0.5) is 5.69 Å². The number of benzene rings is 2. The van der Waals surface area contributed by atoms with E-state index in [1.165, 1.54) is 28.9 Å². The zero-order valence-electron chi connectivity index (χ0n) is 14.8. The molecule has 3 rings (SSSR count). The van der Waals surface area contributed by atoms with Crippen molar-refractivity contribution in [2.24, 2.45) is 0 Å². The maximum atomic E-state index is 12.5. The Balaban J connectivity index is 1.70. The second-order valence-corrected chi connectivity index (χ2v) is 6.84. The van der Waals surface area contributed by atoms with Gasteiger partial charge in [-0.05, 0) is 38.1 Å². The summed E-state index contributed by atoms with van der Waals surface area (Å²) in [7, 11) is 0. The maximum Gasteiger partial charge on any atom is 0.285 e. The zero-order chi connectivity index (χ0) is 19.4. The van der Waals surface area contributed by atoms with Crippen molar-refractivity contribution in [1.29, 1.82) is 0 Å². The van der Waals surface area contributed by atoms with Crippen LogP contribution < -0.4 is 4.74 Å². The molecule has 0 N–H and O–H groups in total. The number of hydrogen-bond donors (Lipinski definition) is 0. The van der Waals surface area contributed by atoms with Crippen molar-refractivity contribution in [1.82, 2.24) is 9.78 Å². The third-order valence-corrected chi connectivity index (χ3v) is 5.14. The number of ether oxygens (including phenoxy) is 1. The molecule has 0 atom stereocenters. The maximum absolute atomic E-state index is 12.5. The lowest BCUT2D eigenvalue weighted by atomic mass is 10.3. The minimum Gasteiger partial charge on any atom is -0.484 e. The molecule has 7 nitrogen and oxygen atoms in total. The Labute approximate surface area is 160 Å². The molecule has 1 heterocycles. The van der Waals surface area contributed by atoms with E-state index in [2.05, 4.69) is 5.10 Å². The van der Waals surface area contributed by atoms with E-state index in [1.54, 1.807) is 11.8 Å². The van der Waals surface area contributed by atoms with Gasteiger partial charge < -0.3 is 4.74 Å². The number of non-ortho nitro benzene ring substituents is 1. The van der Waals surface area contributed by atoms with Gasteiger partial charge in [-0.15, -0.1) is 0 Å². The molecule has 0 fully saturated rings. The fourth-order valence-electron chi connectivity index (χ4n) is 2.50. The van der Waals surface area contributed by atoms with Gasteiger partial charge in [-0.1, -0.05) is 30.0 Å². The molecule has 0 saturated heterocycles. The Kier molecular flexibility index (Phi) is 5.56. The van der Waals surface area contributed by atoms with Crippen molar-refractivity contribution in [3.63, 3.8) is 0 Å². The van der Waals surface area contributed by atoms with Crippen LogP contribution in [0, 0.1) is 24.0 Å². The Morgan fingerprint density at radius 2 is 1.81 bits per heavy atom. The van der Waals surface area contributed by atoms with Crippen LogP contribution in [0.1, 0.15) is 16.2 Å². The third kappa shape index (κ3) is 4.35. The number of aryl methyl sites for hydroxylation is 1. The van der Waals surface area contributed by atoms with Crippen LogP contribution in [0.25, 0.3) is 0 Å². The lowest BCUT2D eigenvalue weighted by Gasteiger charge is -2.07. The molecule has 0 unspecified atom stereocenters. The minimum absolute atomic E-state index is 0.0326. The van der Waals surface area contributed by atoms with Crippen molar-refractivity contribution < 1.29 is 14.5 Å². The number of hydrogen-bond acceptors (Lipinski definition) is 6. The first-order chi connectivity index (χ1) is 13.0. The topological polar surface area (TPSA) is 87.3 Å². The van der Waals surface area contributed by atoms with Crippen LogP contribution in [-0.4, -0.2) is 27.2 Å². The summed E-state index contributed by atoms with van der Waals surface area (Å²) in [6, 6.07) is 15.5. The Bertz CT molecular complexity index is 969. The molecule has 0 amide bonds. The molecular formula is C19H17N3O4S. The summed E-state index contributed by atoms with van der Waals surface area (Å²) in [6.07, 6.45) is 0. The monoisotopic (exact) mass is 383 g/mol. The molecule has 0 aliphatic carbocycles. The summed E-state index contributed by atoms with van der Waals surface area (Å²) in [4.78, 5) is 24.7. The van der Waals surface area contributed by atoms with E-state index >= 15 is 0 Å². The van der Waals surface area contributed by atoms with Gasteiger partial charge in [0.2, 0.25) is 0 Å². The predicted octanol–water partition coefficient (Wildman–Crippen LogP) is 4.28. The minimum atomic E-state index is -0.489. The molecule has 0 saturated carbocycles. The Morgan fingerprint density at radius 1 is 1.15 bits per heavy atom. The SMILES string of the molecule is Cc1nn(C(=O)COc2ccc([N+](=O)[O-])cc2)c(C)c1Sc1ccccc1. The first kappa shape index (κ1) is 18.7. The van der Waals surface area contributed by atoms with E-state index in [4.69, 9.17) is 4.74 Å². The standard InChI is InChI=1S/C19H17N3O4S/c1-13-19(27-17-6-4-3-5-7-17)14(2)21(20-13)18(23)12-26-16-10-8-15(9-11-16)22(24)25/h3-11H,12H2,1-2H3. The summed E-state index contributed by atoms with van der Waals surface area (Å²) in [5, 5.41) is 15.0. The summed E-state index contributed by atoms with van der Waals surface area (Å²) in [6.45, 7) is 3.49. The second-order valence-electron chi connectivity index (χ2n) is 5.76. The lowest BCUT2D eigenvalue weighted by molar-refractivity contribution is -0.384. The van der Waals surface area contributed by atoms with E-state index in [0.717, 1.165) is 21.2 Å². The molecular weight excluding hydrogens is 366 g/mol.